The molecule has 0 amide bonds. The van der Waals surface area contributed by atoms with Gasteiger partial charge in [0, 0.05) is 20.1 Å². The summed E-state index contributed by atoms with van der Waals surface area (Å²) >= 11 is 0. The third-order valence-corrected chi connectivity index (χ3v) is 0.427. The average molecular weight is 263 g/mol. The summed E-state index contributed by atoms with van der Waals surface area (Å²) in [6, 6.07) is 0. The van der Waals surface area contributed by atoms with Crippen LogP contribution in [-0.2, 0) is 20.1 Å². The third kappa shape index (κ3) is 8.82. The van der Waals surface area contributed by atoms with Gasteiger partial charge < -0.3 is 12.7 Å². The Morgan fingerprint density at radius 2 is 2.00 bits per heavy atom. The molecule has 0 spiro atoms. The molecule has 0 unspecified atom stereocenters. The van der Waals surface area contributed by atoms with Crippen molar-refractivity contribution in [1.29, 1.82) is 0 Å². The molecular formula is C4H9IrN-2. The monoisotopic (exact) mass is 264 g/mol. The Balaban J connectivity index is 0. The van der Waals surface area contributed by atoms with E-state index in [1.54, 1.807) is 0 Å². The van der Waals surface area contributed by atoms with Gasteiger partial charge >= 0.3 is 0 Å². The quantitative estimate of drug-likeness (QED) is 0.677. The maximum absolute atomic E-state index is 6.56. The molecule has 2 heteroatoms. The predicted molar refractivity (Wildman–Crippen MR) is 23.8 cm³/mol. The molecule has 0 aromatic heterocycles. The Kier molecular flexibility index (Phi) is 14.9. The van der Waals surface area contributed by atoms with Gasteiger partial charge in [-0.05, 0) is 0 Å². The summed E-state index contributed by atoms with van der Waals surface area (Å²) in [7, 11) is 0. The van der Waals surface area contributed by atoms with Crippen molar-refractivity contribution in [2.24, 2.45) is 0 Å². The largest absolute Gasteiger partial charge is 0.677 e. The Hall–Kier alpha value is 0.609. The molecule has 1 radical (unpaired) electrons. The summed E-state index contributed by atoms with van der Waals surface area (Å²) in [4.78, 5) is 0. The summed E-state index contributed by atoms with van der Waals surface area (Å²) in [5.74, 6) is 0. The third-order valence-electron chi connectivity index (χ3n) is 0.427. The standard InChI is InChI=1S/C4H9N.Ir/c1-2-3-4-5;/h5H,1-4H2;/q-2;. The van der Waals surface area contributed by atoms with Crippen molar-refractivity contribution < 1.29 is 20.1 Å². The molecule has 41 valence electrons. The maximum atomic E-state index is 6.56. The molecule has 1 N–H and O–H groups in total. The van der Waals surface area contributed by atoms with Gasteiger partial charge in [-0.25, -0.2) is 0 Å². The fraction of sp³-hybridized carbons (Fsp3) is 0.750. The van der Waals surface area contributed by atoms with Crippen LogP contribution in [0.25, 0.3) is 5.73 Å². The van der Waals surface area contributed by atoms with Crippen LogP contribution in [0.15, 0.2) is 0 Å². The number of nitrogens with one attached hydrogen (secondary N) is 1. The topological polar surface area (TPSA) is 23.8 Å². The Bertz CT molecular complexity index is 15.0. The minimum absolute atomic E-state index is 0. The van der Waals surface area contributed by atoms with Crippen LogP contribution in [0.2, 0.25) is 0 Å². The van der Waals surface area contributed by atoms with Crippen LogP contribution < -0.4 is 0 Å². The number of unbranched alkanes of at least 4 members (excludes halogenated alkanes) is 1. The second kappa shape index (κ2) is 9.15. The maximum Gasteiger partial charge on any atom is 0 e. The number of rotatable bonds is 2. The zero-order valence-electron chi connectivity index (χ0n) is 3.66. The van der Waals surface area contributed by atoms with Crippen LogP contribution in [-0.4, -0.2) is 6.54 Å². The normalized spacial score (nSPS) is 7.00. The van der Waals surface area contributed by atoms with E-state index >= 15 is 0 Å². The van der Waals surface area contributed by atoms with Crippen LogP contribution in [0.3, 0.4) is 0 Å². The Morgan fingerprint density at radius 1 is 1.50 bits per heavy atom. The first-order valence-electron chi connectivity index (χ1n) is 1.85. The smallest absolute Gasteiger partial charge is 0 e. The zero-order chi connectivity index (χ0) is 4.12. The van der Waals surface area contributed by atoms with E-state index in [-0.39, 0.29) is 20.1 Å². The number of hydrogen-bond donors (Lipinski definition) is 0. The molecule has 0 aliphatic carbocycles. The summed E-state index contributed by atoms with van der Waals surface area (Å²) in [5.41, 5.74) is 6.56. The number of hydrogen-bond acceptors (Lipinski definition) is 0. The van der Waals surface area contributed by atoms with E-state index in [4.69, 9.17) is 5.73 Å². The van der Waals surface area contributed by atoms with Gasteiger partial charge in [-0.15, -0.1) is 0 Å². The first-order valence-corrected chi connectivity index (χ1v) is 1.85. The van der Waals surface area contributed by atoms with E-state index < -0.39 is 0 Å². The molecule has 0 fully saturated rings. The summed E-state index contributed by atoms with van der Waals surface area (Å²) in [5, 5.41) is 0. The van der Waals surface area contributed by atoms with Crippen LogP contribution in [0, 0.1) is 6.92 Å². The molecule has 0 aromatic rings. The molecule has 0 aliphatic heterocycles. The predicted octanol–water partition coefficient (Wildman–Crippen LogP) is 1.65. The second-order valence-electron chi connectivity index (χ2n) is 0.957. The first-order chi connectivity index (χ1) is 2.41. The van der Waals surface area contributed by atoms with Crippen LogP contribution in [0.5, 0.6) is 0 Å². The summed E-state index contributed by atoms with van der Waals surface area (Å²) in [6.45, 7) is 4.09. The molecule has 6 heavy (non-hydrogen) atoms. The summed E-state index contributed by atoms with van der Waals surface area (Å²) < 4.78 is 0. The van der Waals surface area contributed by atoms with Gasteiger partial charge in [0.2, 0.25) is 0 Å². The van der Waals surface area contributed by atoms with Crippen molar-refractivity contribution >= 4 is 0 Å². The van der Waals surface area contributed by atoms with Gasteiger partial charge in [0.05, 0.1) is 0 Å². The molecule has 0 atom stereocenters. The molecule has 0 saturated heterocycles. The molecule has 0 aromatic carbocycles. The first kappa shape index (κ1) is 9.79. The van der Waals surface area contributed by atoms with Crippen molar-refractivity contribution in [3.05, 3.63) is 12.7 Å². The van der Waals surface area contributed by atoms with Gasteiger partial charge in [0.25, 0.3) is 0 Å². The van der Waals surface area contributed by atoms with E-state index in [1.807, 2.05) is 0 Å². The average Bonchev–Trinajstić information content (AvgIpc) is 1.41. The zero-order valence-corrected chi connectivity index (χ0v) is 6.06. The van der Waals surface area contributed by atoms with Crippen molar-refractivity contribution in [1.82, 2.24) is 0 Å². The molecule has 0 rings (SSSR count). The van der Waals surface area contributed by atoms with Crippen LogP contribution in [0.4, 0.5) is 0 Å². The molecule has 0 bridgehead atoms. The fourth-order valence-corrected chi connectivity index (χ4v) is 0.125. The molecule has 1 nitrogen and oxygen atoms in total. The van der Waals surface area contributed by atoms with Gasteiger partial charge in [-0.3, -0.25) is 0 Å². The van der Waals surface area contributed by atoms with Gasteiger partial charge in [-0.1, -0.05) is 6.42 Å². The van der Waals surface area contributed by atoms with Gasteiger partial charge in [0.1, 0.15) is 0 Å². The van der Waals surface area contributed by atoms with Crippen LogP contribution in [0.1, 0.15) is 12.8 Å². The Labute approximate surface area is 52.7 Å². The minimum atomic E-state index is 0. The van der Waals surface area contributed by atoms with Crippen molar-refractivity contribution in [3.63, 3.8) is 0 Å². The van der Waals surface area contributed by atoms with Crippen molar-refractivity contribution in [2.45, 2.75) is 12.8 Å². The fourth-order valence-electron chi connectivity index (χ4n) is 0.125. The second-order valence-corrected chi connectivity index (χ2v) is 0.957. The Morgan fingerprint density at radius 3 is 2.00 bits per heavy atom. The van der Waals surface area contributed by atoms with Crippen molar-refractivity contribution in [2.75, 3.05) is 6.54 Å². The van der Waals surface area contributed by atoms with E-state index in [9.17, 15) is 0 Å². The molecule has 0 aliphatic rings. The van der Waals surface area contributed by atoms with E-state index in [0.29, 0.717) is 6.54 Å². The SMILES string of the molecule is [CH2-]CCC[NH-].[Ir]. The van der Waals surface area contributed by atoms with Crippen LogP contribution >= 0.6 is 0 Å². The molecule has 0 saturated carbocycles. The molecule has 0 heterocycles. The minimum Gasteiger partial charge on any atom is -0.677 e. The van der Waals surface area contributed by atoms with Gasteiger partial charge in [-0.2, -0.15) is 13.0 Å². The van der Waals surface area contributed by atoms with E-state index in [0.717, 1.165) is 12.8 Å². The molecular weight excluding hydrogens is 254 g/mol. The van der Waals surface area contributed by atoms with Gasteiger partial charge in [0.15, 0.2) is 0 Å². The van der Waals surface area contributed by atoms with Crippen molar-refractivity contribution in [3.8, 4) is 0 Å². The van der Waals surface area contributed by atoms with E-state index in [2.05, 4.69) is 6.92 Å². The van der Waals surface area contributed by atoms with E-state index in [1.165, 1.54) is 0 Å². The summed E-state index contributed by atoms with van der Waals surface area (Å²) in [6.07, 6.45) is 1.85.